The molecule has 29 heavy (non-hydrogen) atoms. The molecule has 0 radical (unpaired) electrons. The lowest BCUT2D eigenvalue weighted by molar-refractivity contribution is -0.137. The number of furan rings is 1. The number of anilines is 1. The monoisotopic (exact) mass is 430 g/mol. The summed E-state index contributed by atoms with van der Waals surface area (Å²) in [5, 5.41) is 2.93. The maximum absolute atomic E-state index is 13.2. The first-order valence-corrected chi connectivity index (χ1v) is 11.3. The van der Waals surface area contributed by atoms with E-state index in [0.29, 0.717) is 38.2 Å². The third-order valence-electron chi connectivity index (χ3n) is 5.54. The summed E-state index contributed by atoms with van der Waals surface area (Å²) in [5.41, 5.74) is -0.248. The Labute approximate surface area is 166 Å². The lowest BCUT2D eigenvalue weighted by Crippen LogP contribution is -2.33. The highest BCUT2D eigenvalue weighted by Gasteiger charge is 2.34. The van der Waals surface area contributed by atoms with Crippen LogP contribution >= 0.6 is 0 Å². The van der Waals surface area contributed by atoms with Gasteiger partial charge in [-0.15, -0.1) is 0 Å². The van der Waals surface area contributed by atoms with Crippen molar-refractivity contribution in [3.63, 3.8) is 0 Å². The van der Waals surface area contributed by atoms with Crippen molar-refractivity contribution in [3.05, 3.63) is 29.5 Å². The molecular weight excluding hydrogens is 409 g/mol. The second kappa shape index (κ2) is 7.23. The Bertz CT molecular complexity index is 1050. The quantitative estimate of drug-likeness (QED) is 0.809. The van der Waals surface area contributed by atoms with Gasteiger partial charge in [0.15, 0.2) is 9.84 Å². The van der Waals surface area contributed by atoms with Crippen molar-refractivity contribution in [1.29, 1.82) is 0 Å². The summed E-state index contributed by atoms with van der Waals surface area (Å²) in [6.07, 6.45) is -2.49. The van der Waals surface area contributed by atoms with Crippen LogP contribution in [0.15, 0.2) is 22.6 Å². The summed E-state index contributed by atoms with van der Waals surface area (Å²) in [7, 11) is -3.04. The zero-order valence-electron chi connectivity index (χ0n) is 15.6. The molecular formula is C19H21F3N2O4S. The first-order chi connectivity index (χ1) is 13.6. The van der Waals surface area contributed by atoms with Crippen LogP contribution in [0.4, 0.5) is 18.9 Å². The van der Waals surface area contributed by atoms with E-state index >= 15 is 0 Å². The number of amides is 1. The smallest absolute Gasteiger partial charge is 0.416 e. The molecule has 1 N–H and O–H groups in total. The number of nitrogens with zero attached hydrogens (tertiary/aromatic N) is 1. The molecule has 3 heterocycles. The molecule has 1 unspecified atom stereocenters. The Balaban J connectivity index is 1.67. The molecule has 0 bridgehead atoms. The van der Waals surface area contributed by atoms with Gasteiger partial charge in [-0.05, 0) is 43.4 Å². The topological polar surface area (TPSA) is 79.6 Å². The first kappa shape index (κ1) is 20.1. The van der Waals surface area contributed by atoms with Gasteiger partial charge < -0.3 is 14.6 Å². The maximum Gasteiger partial charge on any atom is 0.416 e. The fourth-order valence-electron chi connectivity index (χ4n) is 4.13. The van der Waals surface area contributed by atoms with Crippen molar-refractivity contribution in [2.75, 3.05) is 36.0 Å². The third kappa shape index (κ3) is 4.08. The fraction of sp³-hybridized carbons (Fsp3) is 0.526. The van der Waals surface area contributed by atoms with Gasteiger partial charge >= 0.3 is 6.18 Å². The predicted molar refractivity (Wildman–Crippen MR) is 102 cm³/mol. The largest absolute Gasteiger partial charge is 0.449 e. The third-order valence-corrected chi connectivity index (χ3v) is 7.43. The van der Waals surface area contributed by atoms with Gasteiger partial charge in [0.2, 0.25) is 5.76 Å². The molecule has 2 aliphatic heterocycles. The van der Waals surface area contributed by atoms with E-state index in [0.717, 1.165) is 18.6 Å². The van der Waals surface area contributed by atoms with E-state index < -0.39 is 27.5 Å². The Kier molecular flexibility index (Phi) is 5.00. The number of hydrogen-bond acceptors (Lipinski definition) is 5. The van der Waals surface area contributed by atoms with Gasteiger partial charge in [-0.2, -0.15) is 13.2 Å². The molecule has 1 amide bonds. The van der Waals surface area contributed by atoms with Crippen LogP contribution in [0.25, 0.3) is 11.0 Å². The van der Waals surface area contributed by atoms with Crippen LogP contribution in [0.5, 0.6) is 0 Å². The van der Waals surface area contributed by atoms with Crippen molar-refractivity contribution in [2.24, 2.45) is 5.92 Å². The molecule has 0 spiro atoms. The Morgan fingerprint density at radius 1 is 1.28 bits per heavy atom. The zero-order valence-corrected chi connectivity index (χ0v) is 16.4. The molecule has 1 aromatic heterocycles. The number of hydrogen-bond donors (Lipinski definition) is 1. The van der Waals surface area contributed by atoms with Crippen molar-refractivity contribution < 1.29 is 30.8 Å². The molecule has 158 valence electrons. The van der Waals surface area contributed by atoms with E-state index in [1.165, 1.54) is 6.07 Å². The molecule has 1 saturated heterocycles. The highest BCUT2D eigenvalue weighted by molar-refractivity contribution is 7.91. The van der Waals surface area contributed by atoms with E-state index in [-0.39, 0.29) is 34.2 Å². The minimum absolute atomic E-state index is 0.00640. The molecule has 10 heteroatoms. The van der Waals surface area contributed by atoms with Gasteiger partial charge in [-0.1, -0.05) is 0 Å². The number of rotatable bonds is 3. The second-order valence-electron chi connectivity index (χ2n) is 7.64. The highest BCUT2D eigenvalue weighted by Crippen LogP contribution is 2.39. The summed E-state index contributed by atoms with van der Waals surface area (Å²) in [6.45, 7) is 1.17. The van der Waals surface area contributed by atoms with Crippen LogP contribution in [0.1, 0.15) is 35.4 Å². The summed E-state index contributed by atoms with van der Waals surface area (Å²) < 4.78 is 68.9. The Hall–Kier alpha value is -2.23. The standard InChI is InChI=1S/C19H21F3N2O4S/c20-19(21,22)13-3-4-15-14(10-13)16-17(28-15)18(25)23-6-8-24(16)7-5-12-2-1-9-29(26,27)11-12/h3-4,10,12H,1-2,5-9,11H2,(H,23,25). The highest BCUT2D eigenvalue weighted by atomic mass is 32.2. The number of sulfone groups is 1. The van der Waals surface area contributed by atoms with Gasteiger partial charge in [0.05, 0.1) is 22.8 Å². The van der Waals surface area contributed by atoms with E-state index in [1.807, 2.05) is 4.90 Å². The van der Waals surface area contributed by atoms with Crippen LogP contribution in [-0.4, -0.2) is 45.5 Å². The molecule has 2 aliphatic rings. The van der Waals surface area contributed by atoms with Crippen LogP contribution < -0.4 is 10.2 Å². The lowest BCUT2D eigenvalue weighted by Gasteiger charge is -2.27. The SMILES string of the molecule is O=C1NCCN(CCC2CCCS(=O)(=O)C2)c2c1oc1ccc(C(F)(F)F)cc21. The lowest BCUT2D eigenvalue weighted by atomic mass is 10.0. The average molecular weight is 430 g/mol. The van der Waals surface area contributed by atoms with Crippen molar-refractivity contribution in [1.82, 2.24) is 5.32 Å². The van der Waals surface area contributed by atoms with E-state index in [4.69, 9.17) is 4.42 Å². The molecule has 1 aromatic carbocycles. The fourth-order valence-corrected chi connectivity index (χ4v) is 5.96. The van der Waals surface area contributed by atoms with Crippen LogP contribution in [0, 0.1) is 5.92 Å². The Morgan fingerprint density at radius 2 is 2.07 bits per heavy atom. The normalized spacial score (nSPS) is 22.2. The minimum Gasteiger partial charge on any atom is -0.449 e. The molecule has 0 saturated carbocycles. The number of nitrogens with one attached hydrogen (secondary N) is 1. The van der Waals surface area contributed by atoms with Crippen molar-refractivity contribution >= 4 is 32.4 Å². The number of fused-ring (bicyclic) bond motifs is 3. The van der Waals surface area contributed by atoms with Gasteiger partial charge in [-0.3, -0.25) is 4.79 Å². The summed E-state index contributed by atoms with van der Waals surface area (Å²) in [5.74, 6) is -0.119. The van der Waals surface area contributed by atoms with Crippen LogP contribution in [0.2, 0.25) is 0 Å². The molecule has 1 fully saturated rings. The van der Waals surface area contributed by atoms with Crippen molar-refractivity contribution in [2.45, 2.75) is 25.4 Å². The average Bonchev–Trinajstić information content (AvgIpc) is 2.94. The van der Waals surface area contributed by atoms with Crippen LogP contribution in [-0.2, 0) is 16.0 Å². The van der Waals surface area contributed by atoms with Gasteiger partial charge in [0.1, 0.15) is 5.58 Å². The van der Waals surface area contributed by atoms with Gasteiger partial charge in [0.25, 0.3) is 5.91 Å². The number of carbonyl (C=O) groups is 1. The van der Waals surface area contributed by atoms with Crippen molar-refractivity contribution in [3.8, 4) is 0 Å². The first-order valence-electron chi connectivity index (χ1n) is 9.51. The van der Waals surface area contributed by atoms with Gasteiger partial charge in [0, 0.05) is 25.0 Å². The predicted octanol–water partition coefficient (Wildman–Crippen LogP) is 3.22. The van der Waals surface area contributed by atoms with E-state index in [9.17, 15) is 26.4 Å². The number of carbonyl (C=O) groups excluding carboxylic acids is 1. The number of halogens is 3. The number of benzene rings is 1. The molecule has 0 aliphatic carbocycles. The molecule has 4 rings (SSSR count). The zero-order chi connectivity index (χ0) is 20.8. The summed E-state index contributed by atoms with van der Waals surface area (Å²) >= 11 is 0. The molecule has 6 nitrogen and oxygen atoms in total. The van der Waals surface area contributed by atoms with E-state index in [2.05, 4.69) is 5.32 Å². The maximum atomic E-state index is 13.2. The van der Waals surface area contributed by atoms with Gasteiger partial charge in [-0.25, -0.2) is 8.42 Å². The second-order valence-corrected chi connectivity index (χ2v) is 9.87. The minimum atomic E-state index is -4.51. The molecule has 1 atom stereocenters. The molecule has 2 aromatic rings. The number of alkyl halides is 3. The Morgan fingerprint density at radius 3 is 2.79 bits per heavy atom. The van der Waals surface area contributed by atoms with Crippen LogP contribution in [0.3, 0.4) is 0 Å². The summed E-state index contributed by atoms with van der Waals surface area (Å²) in [6, 6.07) is 3.17. The summed E-state index contributed by atoms with van der Waals surface area (Å²) in [4.78, 5) is 14.2. The van der Waals surface area contributed by atoms with E-state index in [1.54, 1.807) is 0 Å².